The Labute approximate surface area is 81.6 Å². The van der Waals surface area contributed by atoms with Gasteiger partial charge in [0.1, 0.15) is 6.79 Å². The van der Waals surface area contributed by atoms with Gasteiger partial charge in [0.2, 0.25) is 0 Å². The molecular formula is C11H22O2. The molecule has 78 valence electrons. The zero-order chi connectivity index (χ0) is 9.52. The van der Waals surface area contributed by atoms with Gasteiger partial charge < -0.3 is 9.47 Å². The maximum absolute atomic E-state index is 5.43. The molecule has 2 unspecified atom stereocenters. The first-order valence-electron chi connectivity index (χ1n) is 5.54. The molecule has 2 nitrogen and oxygen atoms in total. The SMILES string of the molecule is CCCCCCC1COCOC1C. The molecule has 0 spiro atoms. The highest BCUT2D eigenvalue weighted by molar-refractivity contribution is 4.68. The molecule has 0 aromatic carbocycles. The van der Waals surface area contributed by atoms with Gasteiger partial charge in [-0.15, -0.1) is 0 Å². The summed E-state index contributed by atoms with van der Waals surface area (Å²) in [6.07, 6.45) is 7.03. The molecule has 1 rings (SSSR count). The van der Waals surface area contributed by atoms with Crippen LogP contribution in [0.15, 0.2) is 0 Å². The van der Waals surface area contributed by atoms with Crippen LogP contribution in [-0.2, 0) is 9.47 Å². The van der Waals surface area contributed by atoms with Gasteiger partial charge in [-0.2, -0.15) is 0 Å². The Kier molecular flexibility index (Phi) is 5.40. The molecule has 1 aliphatic heterocycles. The predicted octanol–water partition coefficient (Wildman–Crippen LogP) is 2.97. The summed E-state index contributed by atoms with van der Waals surface area (Å²) in [6.45, 7) is 5.79. The molecule has 1 fully saturated rings. The average molecular weight is 186 g/mol. The van der Waals surface area contributed by atoms with E-state index in [1.165, 1.54) is 32.1 Å². The van der Waals surface area contributed by atoms with Crippen molar-refractivity contribution in [3.05, 3.63) is 0 Å². The van der Waals surface area contributed by atoms with E-state index < -0.39 is 0 Å². The van der Waals surface area contributed by atoms with Crippen LogP contribution in [0, 0.1) is 5.92 Å². The largest absolute Gasteiger partial charge is 0.355 e. The molecule has 2 atom stereocenters. The monoisotopic (exact) mass is 186 g/mol. The van der Waals surface area contributed by atoms with Gasteiger partial charge in [-0.25, -0.2) is 0 Å². The quantitative estimate of drug-likeness (QED) is 0.614. The number of hydrogen-bond donors (Lipinski definition) is 0. The van der Waals surface area contributed by atoms with E-state index in [2.05, 4.69) is 13.8 Å². The van der Waals surface area contributed by atoms with Crippen LogP contribution in [-0.4, -0.2) is 19.5 Å². The van der Waals surface area contributed by atoms with Crippen molar-refractivity contribution in [3.63, 3.8) is 0 Å². The summed E-state index contributed by atoms with van der Waals surface area (Å²) in [6, 6.07) is 0. The lowest BCUT2D eigenvalue weighted by atomic mass is 9.96. The highest BCUT2D eigenvalue weighted by Gasteiger charge is 2.21. The normalized spacial score (nSPS) is 29.1. The fourth-order valence-corrected chi connectivity index (χ4v) is 1.78. The third-order valence-electron chi connectivity index (χ3n) is 2.84. The van der Waals surface area contributed by atoms with Crippen LogP contribution in [0.4, 0.5) is 0 Å². The fourth-order valence-electron chi connectivity index (χ4n) is 1.78. The van der Waals surface area contributed by atoms with Gasteiger partial charge in [0.15, 0.2) is 0 Å². The van der Waals surface area contributed by atoms with Crippen molar-refractivity contribution in [1.82, 2.24) is 0 Å². The summed E-state index contributed by atoms with van der Waals surface area (Å²) < 4.78 is 10.7. The zero-order valence-corrected chi connectivity index (χ0v) is 8.92. The van der Waals surface area contributed by atoms with Crippen LogP contribution >= 0.6 is 0 Å². The Morgan fingerprint density at radius 2 is 2.08 bits per heavy atom. The molecule has 0 aromatic rings. The first-order valence-corrected chi connectivity index (χ1v) is 5.54. The smallest absolute Gasteiger partial charge is 0.147 e. The molecule has 0 bridgehead atoms. The fraction of sp³-hybridized carbons (Fsp3) is 1.00. The third kappa shape index (κ3) is 4.10. The zero-order valence-electron chi connectivity index (χ0n) is 8.92. The molecule has 0 aromatic heterocycles. The van der Waals surface area contributed by atoms with Crippen molar-refractivity contribution >= 4 is 0 Å². The van der Waals surface area contributed by atoms with Gasteiger partial charge in [0, 0.05) is 5.92 Å². The van der Waals surface area contributed by atoms with Gasteiger partial charge in [-0.3, -0.25) is 0 Å². The van der Waals surface area contributed by atoms with Crippen molar-refractivity contribution < 1.29 is 9.47 Å². The van der Waals surface area contributed by atoms with Gasteiger partial charge in [0.25, 0.3) is 0 Å². The summed E-state index contributed by atoms with van der Waals surface area (Å²) in [5, 5.41) is 0. The molecule has 0 radical (unpaired) electrons. The minimum Gasteiger partial charge on any atom is -0.355 e. The number of hydrogen-bond acceptors (Lipinski definition) is 2. The van der Waals surface area contributed by atoms with Crippen LogP contribution in [0.1, 0.15) is 46.0 Å². The maximum Gasteiger partial charge on any atom is 0.147 e. The second-order valence-electron chi connectivity index (χ2n) is 3.97. The van der Waals surface area contributed by atoms with E-state index in [1.807, 2.05) is 0 Å². The van der Waals surface area contributed by atoms with Crippen LogP contribution in [0.2, 0.25) is 0 Å². The Morgan fingerprint density at radius 1 is 1.23 bits per heavy atom. The molecule has 1 aliphatic rings. The van der Waals surface area contributed by atoms with Crippen molar-refractivity contribution in [1.29, 1.82) is 0 Å². The van der Waals surface area contributed by atoms with Gasteiger partial charge in [-0.05, 0) is 13.3 Å². The molecule has 0 N–H and O–H groups in total. The minimum absolute atomic E-state index is 0.398. The average Bonchev–Trinajstić information content (AvgIpc) is 2.15. The second-order valence-corrected chi connectivity index (χ2v) is 3.97. The van der Waals surface area contributed by atoms with Gasteiger partial charge in [-0.1, -0.05) is 32.6 Å². The minimum atomic E-state index is 0.398. The molecule has 0 saturated carbocycles. The van der Waals surface area contributed by atoms with E-state index in [1.54, 1.807) is 0 Å². The van der Waals surface area contributed by atoms with Crippen molar-refractivity contribution in [2.75, 3.05) is 13.4 Å². The van der Waals surface area contributed by atoms with Crippen LogP contribution < -0.4 is 0 Å². The molecule has 2 heteroatoms. The van der Waals surface area contributed by atoms with Crippen molar-refractivity contribution in [2.24, 2.45) is 5.92 Å². The van der Waals surface area contributed by atoms with Crippen LogP contribution in [0.25, 0.3) is 0 Å². The Balaban J connectivity index is 2.05. The molecule has 13 heavy (non-hydrogen) atoms. The molecule has 1 saturated heterocycles. The summed E-state index contributed by atoms with van der Waals surface area (Å²) in [4.78, 5) is 0. The third-order valence-corrected chi connectivity index (χ3v) is 2.84. The summed E-state index contributed by atoms with van der Waals surface area (Å²) in [7, 11) is 0. The van der Waals surface area contributed by atoms with Gasteiger partial charge >= 0.3 is 0 Å². The van der Waals surface area contributed by atoms with Crippen LogP contribution in [0.3, 0.4) is 0 Å². The lowest BCUT2D eigenvalue weighted by Gasteiger charge is -2.28. The second kappa shape index (κ2) is 6.39. The van der Waals surface area contributed by atoms with Crippen molar-refractivity contribution in [2.45, 2.75) is 52.1 Å². The topological polar surface area (TPSA) is 18.5 Å². The van der Waals surface area contributed by atoms with E-state index in [-0.39, 0.29) is 0 Å². The molecule has 0 amide bonds. The van der Waals surface area contributed by atoms with E-state index in [9.17, 15) is 0 Å². The number of rotatable bonds is 5. The molecule has 0 aliphatic carbocycles. The lowest BCUT2D eigenvalue weighted by Crippen LogP contribution is -2.31. The Hall–Kier alpha value is -0.0800. The maximum atomic E-state index is 5.43. The van der Waals surface area contributed by atoms with Crippen molar-refractivity contribution in [3.8, 4) is 0 Å². The summed E-state index contributed by atoms with van der Waals surface area (Å²) in [5.41, 5.74) is 0. The summed E-state index contributed by atoms with van der Waals surface area (Å²) in [5.74, 6) is 0.630. The molecule has 1 heterocycles. The van der Waals surface area contributed by atoms with Gasteiger partial charge in [0.05, 0.1) is 12.7 Å². The predicted molar refractivity (Wildman–Crippen MR) is 53.6 cm³/mol. The van der Waals surface area contributed by atoms with E-state index in [4.69, 9.17) is 9.47 Å². The van der Waals surface area contributed by atoms with E-state index >= 15 is 0 Å². The highest BCUT2D eigenvalue weighted by atomic mass is 16.7. The first kappa shape index (κ1) is 11.0. The standard InChI is InChI=1S/C11H22O2/c1-3-4-5-6-7-11-8-12-9-13-10(11)2/h10-11H,3-9H2,1-2H3. The van der Waals surface area contributed by atoms with E-state index in [0.717, 1.165) is 6.61 Å². The lowest BCUT2D eigenvalue weighted by molar-refractivity contribution is -0.165. The number of ether oxygens (including phenoxy) is 2. The number of unbranched alkanes of at least 4 members (excludes halogenated alkanes) is 3. The highest BCUT2D eigenvalue weighted by Crippen LogP contribution is 2.20. The van der Waals surface area contributed by atoms with E-state index in [0.29, 0.717) is 18.8 Å². The first-order chi connectivity index (χ1) is 6.34. The Morgan fingerprint density at radius 3 is 2.77 bits per heavy atom. The van der Waals surface area contributed by atoms with Crippen LogP contribution in [0.5, 0.6) is 0 Å². The molecular weight excluding hydrogens is 164 g/mol. The Bertz CT molecular complexity index is 125. The summed E-state index contributed by atoms with van der Waals surface area (Å²) >= 11 is 0.